The van der Waals surface area contributed by atoms with Crippen molar-refractivity contribution < 1.29 is 5.11 Å². The van der Waals surface area contributed by atoms with Gasteiger partial charge in [-0.05, 0) is 37.0 Å². The van der Waals surface area contributed by atoms with Crippen LogP contribution in [0.3, 0.4) is 0 Å². The highest BCUT2D eigenvalue weighted by Gasteiger charge is 2.31. The van der Waals surface area contributed by atoms with Crippen molar-refractivity contribution in [2.75, 3.05) is 13.1 Å². The number of nitrogens with two attached hydrogens (primary N) is 1. The number of rotatable bonds is 3. The van der Waals surface area contributed by atoms with Crippen LogP contribution in [0.5, 0.6) is 0 Å². The Hall–Kier alpha value is -0.970. The maximum atomic E-state index is 9.82. The Balaban J connectivity index is 2.16. The Morgan fingerprint density at radius 3 is 2.67 bits per heavy atom. The number of hydrogen-bond acceptors (Lipinski definition) is 4. The van der Waals surface area contributed by atoms with Crippen LogP contribution in [0, 0.1) is 5.92 Å². The molecule has 1 saturated heterocycles. The number of hydrogen-bond donors (Lipinski definition) is 2. The molecule has 0 spiro atoms. The third-order valence-electron chi connectivity index (χ3n) is 3.83. The third kappa shape index (κ3) is 2.88. The number of aliphatic hydroxyl groups is 1. The molecule has 18 heavy (non-hydrogen) atoms. The summed E-state index contributed by atoms with van der Waals surface area (Å²) in [6.45, 7) is 5.94. The summed E-state index contributed by atoms with van der Waals surface area (Å²) in [7, 11) is 0. The van der Waals surface area contributed by atoms with E-state index in [1.54, 1.807) is 0 Å². The predicted molar refractivity (Wildman–Crippen MR) is 72.0 cm³/mol. The van der Waals surface area contributed by atoms with E-state index in [-0.39, 0.29) is 18.2 Å². The van der Waals surface area contributed by atoms with Gasteiger partial charge in [0.15, 0.2) is 0 Å². The Morgan fingerprint density at radius 2 is 2.11 bits per heavy atom. The molecular weight excluding hydrogens is 226 g/mol. The first kappa shape index (κ1) is 13.5. The van der Waals surface area contributed by atoms with Gasteiger partial charge in [-0.2, -0.15) is 0 Å². The molecule has 1 aromatic rings. The number of nitrogens with zero attached hydrogens (tertiary/aromatic N) is 2. The minimum atomic E-state index is -0.174. The van der Waals surface area contributed by atoms with E-state index < -0.39 is 0 Å². The van der Waals surface area contributed by atoms with E-state index in [4.69, 9.17) is 5.73 Å². The molecule has 2 rings (SSSR count). The van der Waals surface area contributed by atoms with Crippen LogP contribution in [0.25, 0.3) is 0 Å². The maximum Gasteiger partial charge on any atom is 0.0590 e. The second-order valence-electron chi connectivity index (χ2n) is 5.41. The lowest BCUT2D eigenvalue weighted by Gasteiger charge is -2.41. The smallest absolute Gasteiger partial charge is 0.0590 e. The van der Waals surface area contributed by atoms with Crippen LogP contribution in [-0.2, 0) is 0 Å². The van der Waals surface area contributed by atoms with E-state index in [9.17, 15) is 5.11 Å². The van der Waals surface area contributed by atoms with Gasteiger partial charge in [-0.25, -0.2) is 0 Å². The SMILES string of the molecule is CC(N)C(c1ccncc1)N1CCC(O)C(C)C1. The summed E-state index contributed by atoms with van der Waals surface area (Å²) in [5, 5.41) is 9.82. The third-order valence-corrected chi connectivity index (χ3v) is 3.83. The Kier molecular flexibility index (Phi) is 4.32. The molecule has 0 saturated carbocycles. The summed E-state index contributed by atoms with van der Waals surface area (Å²) in [6.07, 6.45) is 4.28. The van der Waals surface area contributed by atoms with Crippen LogP contribution < -0.4 is 5.73 Å². The van der Waals surface area contributed by atoms with E-state index >= 15 is 0 Å². The monoisotopic (exact) mass is 249 g/mol. The Bertz CT molecular complexity index is 369. The highest BCUT2D eigenvalue weighted by molar-refractivity contribution is 5.17. The zero-order chi connectivity index (χ0) is 13.1. The van der Waals surface area contributed by atoms with Gasteiger partial charge < -0.3 is 10.8 Å². The standard InChI is InChI=1S/C14H23N3O/c1-10-9-17(8-5-13(10)18)14(11(2)15)12-3-6-16-7-4-12/h3-4,6-7,10-11,13-14,18H,5,8-9,15H2,1-2H3. The largest absolute Gasteiger partial charge is 0.393 e. The molecule has 0 bridgehead atoms. The zero-order valence-electron chi connectivity index (χ0n) is 11.2. The van der Waals surface area contributed by atoms with Crippen molar-refractivity contribution in [3.05, 3.63) is 30.1 Å². The molecule has 1 aliphatic rings. The highest BCUT2D eigenvalue weighted by atomic mass is 16.3. The fraction of sp³-hybridized carbons (Fsp3) is 0.643. The lowest BCUT2D eigenvalue weighted by molar-refractivity contribution is 0.0126. The summed E-state index contributed by atoms with van der Waals surface area (Å²) in [4.78, 5) is 6.45. The first-order valence-electron chi connectivity index (χ1n) is 6.67. The fourth-order valence-corrected chi connectivity index (χ4v) is 2.83. The van der Waals surface area contributed by atoms with Crippen molar-refractivity contribution >= 4 is 0 Å². The number of likely N-dealkylation sites (tertiary alicyclic amines) is 1. The molecule has 4 unspecified atom stereocenters. The lowest BCUT2D eigenvalue weighted by Crippen LogP contribution is -2.48. The zero-order valence-corrected chi connectivity index (χ0v) is 11.2. The van der Waals surface area contributed by atoms with E-state index in [1.807, 2.05) is 31.5 Å². The molecule has 0 aromatic carbocycles. The number of aromatic nitrogens is 1. The van der Waals surface area contributed by atoms with Gasteiger partial charge >= 0.3 is 0 Å². The van der Waals surface area contributed by atoms with E-state index in [2.05, 4.69) is 16.8 Å². The van der Waals surface area contributed by atoms with Gasteiger partial charge in [-0.3, -0.25) is 9.88 Å². The first-order valence-corrected chi connectivity index (χ1v) is 6.67. The molecule has 0 amide bonds. The highest BCUT2D eigenvalue weighted by Crippen LogP contribution is 2.28. The number of pyridine rings is 1. The average molecular weight is 249 g/mol. The molecule has 4 heteroatoms. The van der Waals surface area contributed by atoms with Crippen LogP contribution in [0.4, 0.5) is 0 Å². The van der Waals surface area contributed by atoms with Gasteiger partial charge in [0.25, 0.3) is 0 Å². The number of aliphatic hydroxyl groups excluding tert-OH is 1. The molecule has 2 heterocycles. The van der Waals surface area contributed by atoms with Crippen LogP contribution in [0.1, 0.15) is 31.9 Å². The van der Waals surface area contributed by atoms with Crippen molar-refractivity contribution in [2.45, 2.75) is 38.5 Å². The van der Waals surface area contributed by atoms with Crippen molar-refractivity contribution in [1.82, 2.24) is 9.88 Å². The minimum absolute atomic E-state index is 0.0647. The molecule has 1 fully saturated rings. The molecule has 1 aromatic heterocycles. The molecule has 3 N–H and O–H groups in total. The summed E-state index contributed by atoms with van der Waals surface area (Å²) < 4.78 is 0. The molecule has 1 aliphatic heterocycles. The summed E-state index contributed by atoms with van der Waals surface area (Å²) in [5.41, 5.74) is 7.37. The fourth-order valence-electron chi connectivity index (χ4n) is 2.83. The normalized spacial score (nSPS) is 28.9. The molecule has 100 valence electrons. The van der Waals surface area contributed by atoms with Gasteiger partial charge in [0, 0.05) is 37.6 Å². The van der Waals surface area contributed by atoms with Crippen molar-refractivity contribution in [2.24, 2.45) is 11.7 Å². The lowest BCUT2D eigenvalue weighted by atomic mass is 9.92. The van der Waals surface area contributed by atoms with Crippen LogP contribution in [-0.4, -0.2) is 40.2 Å². The molecular formula is C14H23N3O. The number of piperidine rings is 1. The van der Waals surface area contributed by atoms with Gasteiger partial charge in [0.05, 0.1) is 6.10 Å². The second kappa shape index (κ2) is 5.78. The van der Waals surface area contributed by atoms with Crippen LogP contribution in [0.2, 0.25) is 0 Å². The summed E-state index contributed by atoms with van der Waals surface area (Å²) >= 11 is 0. The van der Waals surface area contributed by atoms with Crippen molar-refractivity contribution in [1.29, 1.82) is 0 Å². The quantitative estimate of drug-likeness (QED) is 0.844. The van der Waals surface area contributed by atoms with E-state index in [0.29, 0.717) is 5.92 Å². The van der Waals surface area contributed by atoms with Gasteiger partial charge in [0.1, 0.15) is 0 Å². The Morgan fingerprint density at radius 1 is 1.44 bits per heavy atom. The molecule has 4 nitrogen and oxygen atoms in total. The van der Waals surface area contributed by atoms with Crippen molar-refractivity contribution in [3.8, 4) is 0 Å². The van der Waals surface area contributed by atoms with Crippen LogP contribution in [0.15, 0.2) is 24.5 Å². The summed E-state index contributed by atoms with van der Waals surface area (Å²) in [5.74, 6) is 0.307. The minimum Gasteiger partial charge on any atom is -0.393 e. The molecule has 4 atom stereocenters. The summed E-state index contributed by atoms with van der Waals surface area (Å²) in [6, 6.07) is 4.34. The molecule has 0 radical (unpaired) electrons. The van der Waals surface area contributed by atoms with E-state index in [1.165, 1.54) is 5.56 Å². The predicted octanol–water partition coefficient (Wildman–Crippen LogP) is 1.17. The Labute approximate surface area is 109 Å². The van der Waals surface area contributed by atoms with Gasteiger partial charge in [-0.15, -0.1) is 0 Å². The van der Waals surface area contributed by atoms with Crippen LogP contribution >= 0.6 is 0 Å². The first-order chi connectivity index (χ1) is 8.59. The molecule has 0 aliphatic carbocycles. The average Bonchev–Trinajstić information content (AvgIpc) is 2.35. The second-order valence-corrected chi connectivity index (χ2v) is 5.41. The van der Waals surface area contributed by atoms with Gasteiger partial charge in [0.2, 0.25) is 0 Å². The topological polar surface area (TPSA) is 62.4 Å². The van der Waals surface area contributed by atoms with Gasteiger partial charge in [-0.1, -0.05) is 6.92 Å². The van der Waals surface area contributed by atoms with E-state index in [0.717, 1.165) is 19.5 Å². The maximum absolute atomic E-state index is 9.82. The van der Waals surface area contributed by atoms with Crippen molar-refractivity contribution in [3.63, 3.8) is 0 Å².